The molecule has 0 fully saturated rings. The van der Waals surface area contributed by atoms with Crippen LogP contribution in [0.15, 0.2) is 134 Å². The van der Waals surface area contributed by atoms with Crippen LogP contribution < -0.4 is 0 Å². The fraction of sp³-hybridized carbons (Fsp3) is 0.667. The van der Waals surface area contributed by atoms with Gasteiger partial charge in [0.1, 0.15) is 19.8 Å². The summed E-state index contributed by atoms with van der Waals surface area (Å²) in [5.74, 6) is -0.870. The Morgan fingerprint density at radius 3 is 1.07 bits per heavy atom. The average Bonchev–Trinajstić information content (AvgIpc) is 3.45. The molecular weight excluding hydrogens is 1040 g/mol. The van der Waals surface area contributed by atoms with E-state index in [-0.39, 0.29) is 32.0 Å². The van der Waals surface area contributed by atoms with Crippen LogP contribution in [0.2, 0.25) is 0 Å². The van der Waals surface area contributed by atoms with Gasteiger partial charge < -0.3 is 18.9 Å². The minimum atomic E-state index is -4.42. The van der Waals surface area contributed by atoms with Crippen molar-refractivity contribution in [1.82, 2.24) is 0 Å². The Balaban J connectivity index is 4.21. The van der Waals surface area contributed by atoms with Crippen LogP contribution in [0.1, 0.15) is 258 Å². The van der Waals surface area contributed by atoms with E-state index in [4.69, 9.17) is 18.5 Å². The van der Waals surface area contributed by atoms with Gasteiger partial charge in [-0.3, -0.25) is 18.6 Å². The zero-order valence-corrected chi connectivity index (χ0v) is 54.1. The normalized spacial score (nSPS) is 14.1. The van der Waals surface area contributed by atoms with Crippen LogP contribution >= 0.6 is 7.82 Å². The molecule has 2 unspecified atom stereocenters. The van der Waals surface area contributed by atoms with Gasteiger partial charge in [0.05, 0.1) is 27.7 Å². The van der Waals surface area contributed by atoms with Crippen LogP contribution in [-0.2, 0) is 32.7 Å². The lowest BCUT2D eigenvalue weighted by Gasteiger charge is -2.24. The SMILES string of the molecule is CC/C=C\C/C=C\C/C=C\C/C=C\C/C=C\C/C=C\C/C=C\C/C=C\C/C=C\CCCC(=O)OC(COC(=O)CCCCCCCCCCCCCCCCCCC/C=C\C/C=C\CCCCCCC)COP(=O)(O)OCC[N+](C)(C)C. The molecule has 0 saturated carbocycles. The fourth-order valence-electron chi connectivity index (χ4n) is 8.64. The first kappa shape index (κ1) is 78.1. The second-order valence-electron chi connectivity index (χ2n) is 22.8. The predicted molar refractivity (Wildman–Crippen MR) is 353 cm³/mol. The van der Waals surface area contributed by atoms with Crippen molar-refractivity contribution in [3.05, 3.63) is 134 Å². The maximum absolute atomic E-state index is 12.8. The van der Waals surface area contributed by atoms with Crippen molar-refractivity contribution in [1.29, 1.82) is 0 Å². The number of esters is 2. The first-order chi connectivity index (χ1) is 40.0. The van der Waals surface area contributed by atoms with Crippen LogP contribution in [0.3, 0.4) is 0 Å². The smallest absolute Gasteiger partial charge is 0.462 e. The minimum Gasteiger partial charge on any atom is -0.462 e. The van der Waals surface area contributed by atoms with E-state index < -0.39 is 26.5 Å². The largest absolute Gasteiger partial charge is 0.472 e. The lowest BCUT2D eigenvalue weighted by atomic mass is 10.0. The summed E-state index contributed by atoms with van der Waals surface area (Å²) < 4.78 is 34.6. The van der Waals surface area contributed by atoms with Crippen molar-refractivity contribution >= 4 is 19.8 Å². The number of likely N-dealkylation sites (N-methyl/N-ethyl adjacent to an activating group) is 1. The number of quaternary nitrogens is 1. The van der Waals surface area contributed by atoms with E-state index in [0.29, 0.717) is 23.9 Å². The maximum Gasteiger partial charge on any atom is 0.472 e. The summed E-state index contributed by atoms with van der Waals surface area (Å²) in [5.41, 5.74) is 0. The van der Waals surface area contributed by atoms with Crippen LogP contribution in [0, 0.1) is 0 Å². The van der Waals surface area contributed by atoms with Crippen LogP contribution in [0.25, 0.3) is 0 Å². The summed E-state index contributed by atoms with van der Waals surface area (Å²) in [6.45, 7) is 4.25. The van der Waals surface area contributed by atoms with E-state index in [1.54, 1.807) is 0 Å². The van der Waals surface area contributed by atoms with E-state index in [1.165, 1.54) is 135 Å². The highest BCUT2D eigenvalue weighted by Crippen LogP contribution is 2.43. The third kappa shape index (κ3) is 65.3. The number of hydrogen-bond donors (Lipinski definition) is 1. The van der Waals surface area contributed by atoms with Gasteiger partial charge in [-0.15, -0.1) is 0 Å². The number of ether oxygens (including phenoxy) is 2. The van der Waals surface area contributed by atoms with Gasteiger partial charge in [-0.1, -0.05) is 270 Å². The number of unbranched alkanes of at least 4 members (excludes halogenated alkanes) is 23. The molecule has 1 N–H and O–H groups in total. The molecule has 0 aromatic heterocycles. The number of nitrogens with zero attached hydrogens (tertiary/aromatic N) is 1. The highest BCUT2D eigenvalue weighted by Gasteiger charge is 2.27. The van der Waals surface area contributed by atoms with E-state index in [9.17, 15) is 19.0 Å². The predicted octanol–water partition coefficient (Wildman–Crippen LogP) is 21.3. The molecule has 0 aromatic carbocycles. The van der Waals surface area contributed by atoms with Crippen molar-refractivity contribution in [3.63, 3.8) is 0 Å². The first-order valence-electron chi connectivity index (χ1n) is 32.9. The summed E-state index contributed by atoms with van der Waals surface area (Å²) in [6.07, 6.45) is 89.8. The molecule has 0 bridgehead atoms. The second kappa shape index (κ2) is 61.7. The van der Waals surface area contributed by atoms with Gasteiger partial charge >= 0.3 is 19.8 Å². The van der Waals surface area contributed by atoms with Gasteiger partial charge in [0, 0.05) is 12.8 Å². The molecule has 82 heavy (non-hydrogen) atoms. The Bertz CT molecular complexity index is 1850. The zero-order valence-electron chi connectivity index (χ0n) is 53.2. The van der Waals surface area contributed by atoms with Crippen LogP contribution in [0.5, 0.6) is 0 Å². The van der Waals surface area contributed by atoms with Crippen molar-refractivity contribution in [2.75, 3.05) is 47.5 Å². The number of allylic oxidation sites excluding steroid dienone is 22. The molecule has 468 valence electrons. The molecule has 0 saturated heterocycles. The highest BCUT2D eigenvalue weighted by molar-refractivity contribution is 7.47. The lowest BCUT2D eigenvalue weighted by Crippen LogP contribution is -2.37. The van der Waals surface area contributed by atoms with Crippen molar-refractivity contribution in [3.8, 4) is 0 Å². The van der Waals surface area contributed by atoms with E-state index in [1.807, 2.05) is 21.1 Å². The van der Waals surface area contributed by atoms with Gasteiger partial charge in [0.2, 0.25) is 0 Å². The van der Waals surface area contributed by atoms with Gasteiger partial charge in [0.25, 0.3) is 0 Å². The molecule has 0 heterocycles. The Morgan fingerprint density at radius 2 is 0.707 bits per heavy atom. The molecule has 9 nitrogen and oxygen atoms in total. The van der Waals surface area contributed by atoms with Gasteiger partial charge in [-0.05, 0) is 109 Å². The Labute approximate surface area is 504 Å². The molecule has 0 radical (unpaired) electrons. The molecular formula is C72H123NO8P+. The molecule has 2 atom stereocenters. The average molecular weight is 1160 g/mol. The van der Waals surface area contributed by atoms with Gasteiger partial charge in [-0.2, -0.15) is 0 Å². The quantitative estimate of drug-likeness (QED) is 0.0211. The molecule has 0 aliphatic rings. The topological polar surface area (TPSA) is 108 Å². The van der Waals surface area contributed by atoms with Gasteiger partial charge in [-0.25, -0.2) is 4.57 Å². The number of phosphoric ester groups is 1. The maximum atomic E-state index is 12.8. The lowest BCUT2D eigenvalue weighted by molar-refractivity contribution is -0.870. The van der Waals surface area contributed by atoms with E-state index in [0.717, 1.165) is 83.5 Å². The van der Waals surface area contributed by atoms with Gasteiger partial charge in [0.15, 0.2) is 6.10 Å². The third-order valence-corrected chi connectivity index (χ3v) is 14.6. The number of carbonyl (C=O) groups is 2. The number of carbonyl (C=O) groups excluding carboxylic acids is 2. The highest BCUT2D eigenvalue weighted by atomic mass is 31.2. The van der Waals surface area contributed by atoms with Crippen LogP contribution in [0.4, 0.5) is 0 Å². The Morgan fingerprint density at radius 1 is 0.390 bits per heavy atom. The summed E-state index contributed by atoms with van der Waals surface area (Å²) in [6, 6.07) is 0. The fourth-order valence-corrected chi connectivity index (χ4v) is 9.38. The third-order valence-electron chi connectivity index (χ3n) is 13.7. The summed E-state index contributed by atoms with van der Waals surface area (Å²) in [5, 5.41) is 0. The number of phosphoric acid groups is 1. The molecule has 0 aromatic rings. The molecule has 0 rings (SSSR count). The van der Waals surface area contributed by atoms with Crippen molar-refractivity contribution < 1.29 is 42.1 Å². The second-order valence-corrected chi connectivity index (χ2v) is 24.2. The molecule has 0 amide bonds. The molecule has 10 heteroatoms. The monoisotopic (exact) mass is 1160 g/mol. The number of rotatable bonds is 59. The summed E-state index contributed by atoms with van der Waals surface area (Å²) in [7, 11) is 1.43. The van der Waals surface area contributed by atoms with Crippen LogP contribution in [-0.4, -0.2) is 74.9 Å². The molecule has 0 aliphatic carbocycles. The first-order valence-corrected chi connectivity index (χ1v) is 34.4. The van der Waals surface area contributed by atoms with E-state index >= 15 is 0 Å². The zero-order chi connectivity index (χ0) is 59.8. The number of hydrogen-bond acceptors (Lipinski definition) is 7. The molecule has 0 spiro atoms. The standard InChI is InChI=1S/C72H122NO8P/c1-6-8-10-12-14-16-18-20-22-24-26-28-30-32-34-36-38-40-42-44-46-48-50-52-54-56-58-60-62-64-71(74)78-68-70(69-80-82(76,77)79-67-66-73(3,4)5)81-72(75)65-63-61-59-57-55-53-51-49-47-45-43-41-39-37-35-33-31-29-27-25-23-21-19-17-15-13-11-9-7-2/h9,11,15,17-18,20-21,23-24,26-27,29,33,35,39,41,45,47,51,53,57,59,70H,6-8,10,12-14,16,19,22,25,28,30-32,34,36-38,40,42-44,46,48-50,52,54-56,58,60-69H2,1-5H3/p+1/b11-9-,17-15-,20-18-,23-21-,26-24-,29-27-,35-33-,41-39-,47-45-,53-51-,59-57-. The Hall–Kier alpha value is -3.85. The molecule has 0 aliphatic heterocycles. The minimum absolute atomic E-state index is 0.0143. The van der Waals surface area contributed by atoms with E-state index in [2.05, 4.69) is 148 Å². The Kier molecular flexibility index (Phi) is 58.8. The summed E-state index contributed by atoms with van der Waals surface area (Å²) in [4.78, 5) is 35.8. The summed E-state index contributed by atoms with van der Waals surface area (Å²) >= 11 is 0. The van der Waals surface area contributed by atoms with Crippen molar-refractivity contribution in [2.24, 2.45) is 0 Å². The van der Waals surface area contributed by atoms with Crippen molar-refractivity contribution in [2.45, 2.75) is 264 Å².